The zero-order chi connectivity index (χ0) is 20.8. The maximum Gasteiger partial charge on any atom is 0.311 e. The molecule has 0 unspecified atom stereocenters. The molecular formula is C18H22F5NO3. The normalized spacial score (nSPS) is 11.4. The Kier molecular flexibility index (Phi) is 8.18. The molecule has 0 bridgehead atoms. The molecule has 0 aliphatic heterocycles. The number of hydrogen-bond acceptors (Lipinski definition) is 3. The molecule has 0 fully saturated rings. The molecule has 0 saturated carbocycles. The van der Waals surface area contributed by atoms with Crippen LogP contribution in [-0.2, 0) is 9.59 Å². The fourth-order valence-corrected chi connectivity index (χ4v) is 2.15. The highest BCUT2D eigenvalue weighted by Crippen LogP contribution is 2.29. The molecule has 0 heterocycles. The predicted octanol–water partition coefficient (Wildman–Crippen LogP) is 4.40. The van der Waals surface area contributed by atoms with E-state index < -0.39 is 53.1 Å². The Morgan fingerprint density at radius 3 is 1.89 bits per heavy atom. The molecule has 0 aliphatic rings. The van der Waals surface area contributed by atoms with E-state index in [4.69, 9.17) is 0 Å². The van der Waals surface area contributed by atoms with Gasteiger partial charge in [0, 0.05) is 13.0 Å². The topological polar surface area (TPSA) is 55.4 Å². The summed E-state index contributed by atoms with van der Waals surface area (Å²) in [4.78, 5) is 23.2. The van der Waals surface area contributed by atoms with Crippen LogP contribution in [0.5, 0.6) is 5.75 Å². The number of unbranched alkanes of at least 4 members (excludes halogenated alkanes) is 1. The predicted molar refractivity (Wildman–Crippen MR) is 87.4 cm³/mol. The van der Waals surface area contributed by atoms with Crippen LogP contribution in [0.25, 0.3) is 0 Å². The van der Waals surface area contributed by atoms with Gasteiger partial charge in [0.1, 0.15) is 0 Å². The van der Waals surface area contributed by atoms with Gasteiger partial charge in [0.15, 0.2) is 0 Å². The Morgan fingerprint density at radius 1 is 0.852 bits per heavy atom. The Morgan fingerprint density at radius 2 is 1.37 bits per heavy atom. The Labute approximate surface area is 154 Å². The fourth-order valence-electron chi connectivity index (χ4n) is 2.15. The standard InChI is InChI=1S/C18H22F5NO3/c1-18(2,3)8-4-5-9-24-10(25)6-7-11(26)27-17-15(22)13(20)12(19)14(21)16(17)23/h4-9H2,1-3H3,(H,24,25). The van der Waals surface area contributed by atoms with Crippen molar-refractivity contribution in [2.45, 2.75) is 52.9 Å². The van der Waals surface area contributed by atoms with Crippen LogP contribution in [0.3, 0.4) is 0 Å². The van der Waals surface area contributed by atoms with Crippen molar-refractivity contribution >= 4 is 11.9 Å². The van der Waals surface area contributed by atoms with Crippen LogP contribution < -0.4 is 10.1 Å². The zero-order valence-corrected chi connectivity index (χ0v) is 15.4. The molecule has 1 aromatic carbocycles. The second-order valence-corrected chi connectivity index (χ2v) is 7.24. The van der Waals surface area contributed by atoms with Crippen molar-refractivity contribution in [2.24, 2.45) is 5.41 Å². The minimum Gasteiger partial charge on any atom is -0.420 e. The molecule has 0 atom stereocenters. The number of esters is 1. The molecule has 1 amide bonds. The minimum absolute atomic E-state index is 0.192. The highest BCUT2D eigenvalue weighted by molar-refractivity contribution is 5.82. The summed E-state index contributed by atoms with van der Waals surface area (Å²) in [5.74, 6) is -14.7. The molecule has 1 N–H and O–H groups in total. The van der Waals surface area contributed by atoms with Crippen molar-refractivity contribution < 1.29 is 36.3 Å². The van der Waals surface area contributed by atoms with Crippen molar-refractivity contribution in [3.8, 4) is 5.75 Å². The van der Waals surface area contributed by atoms with Gasteiger partial charge in [0.25, 0.3) is 0 Å². The van der Waals surface area contributed by atoms with Gasteiger partial charge in [-0.3, -0.25) is 9.59 Å². The number of hydrogen-bond donors (Lipinski definition) is 1. The molecule has 152 valence electrons. The first-order valence-corrected chi connectivity index (χ1v) is 8.43. The molecule has 1 rings (SSSR count). The van der Waals surface area contributed by atoms with Gasteiger partial charge in [-0.25, -0.2) is 13.2 Å². The van der Waals surface area contributed by atoms with Crippen LogP contribution in [-0.4, -0.2) is 18.4 Å². The zero-order valence-electron chi connectivity index (χ0n) is 15.4. The van der Waals surface area contributed by atoms with Crippen LogP contribution in [0, 0.1) is 34.5 Å². The van der Waals surface area contributed by atoms with Gasteiger partial charge in [0.2, 0.25) is 40.7 Å². The molecule has 1 aromatic rings. The molecule has 0 aromatic heterocycles. The quantitative estimate of drug-likeness (QED) is 0.177. The number of ether oxygens (including phenoxy) is 1. The van der Waals surface area contributed by atoms with E-state index in [-0.39, 0.29) is 11.8 Å². The summed E-state index contributed by atoms with van der Waals surface area (Å²) in [5, 5.41) is 2.57. The van der Waals surface area contributed by atoms with Crippen LogP contribution >= 0.6 is 0 Å². The molecule has 0 saturated heterocycles. The van der Waals surface area contributed by atoms with Gasteiger partial charge < -0.3 is 10.1 Å². The largest absolute Gasteiger partial charge is 0.420 e. The van der Waals surface area contributed by atoms with E-state index in [0.717, 1.165) is 19.3 Å². The van der Waals surface area contributed by atoms with Crippen molar-refractivity contribution in [3.63, 3.8) is 0 Å². The number of rotatable bonds is 8. The average Bonchev–Trinajstić information content (AvgIpc) is 2.59. The lowest BCUT2D eigenvalue weighted by atomic mass is 9.90. The third-order valence-corrected chi connectivity index (χ3v) is 3.62. The molecular weight excluding hydrogens is 373 g/mol. The monoisotopic (exact) mass is 395 g/mol. The molecule has 4 nitrogen and oxygen atoms in total. The maximum atomic E-state index is 13.4. The lowest BCUT2D eigenvalue weighted by molar-refractivity contribution is -0.136. The summed E-state index contributed by atoms with van der Waals surface area (Å²) < 4.78 is 70.0. The van der Waals surface area contributed by atoms with E-state index in [9.17, 15) is 31.5 Å². The van der Waals surface area contributed by atoms with Gasteiger partial charge in [0.05, 0.1) is 6.42 Å². The fraction of sp³-hybridized carbons (Fsp3) is 0.556. The average molecular weight is 395 g/mol. The summed E-state index contributed by atoms with van der Waals surface area (Å²) in [6, 6.07) is 0. The SMILES string of the molecule is CC(C)(C)CCCCNC(=O)CCC(=O)Oc1c(F)c(F)c(F)c(F)c1F. The van der Waals surface area contributed by atoms with Crippen LogP contribution in [0.2, 0.25) is 0 Å². The van der Waals surface area contributed by atoms with Crippen LogP contribution in [0.4, 0.5) is 22.0 Å². The minimum atomic E-state index is -2.35. The summed E-state index contributed by atoms with van der Waals surface area (Å²) in [6.45, 7) is 6.70. The first kappa shape index (κ1) is 22.9. The van der Waals surface area contributed by atoms with Crippen molar-refractivity contribution in [3.05, 3.63) is 29.1 Å². The van der Waals surface area contributed by atoms with Gasteiger partial charge in [-0.15, -0.1) is 0 Å². The summed E-state index contributed by atoms with van der Waals surface area (Å²) in [5.41, 5.74) is 0.192. The molecule has 0 aliphatic carbocycles. The van der Waals surface area contributed by atoms with Crippen molar-refractivity contribution in [1.29, 1.82) is 0 Å². The number of halogens is 5. The third-order valence-electron chi connectivity index (χ3n) is 3.62. The van der Waals surface area contributed by atoms with Gasteiger partial charge >= 0.3 is 5.97 Å². The summed E-state index contributed by atoms with van der Waals surface area (Å²) in [6.07, 6.45) is 1.72. The molecule has 0 spiro atoms. The van der Waals surface area contributed by atoms with E-state index in [2.05, 4.69) is 30.8 Å². The first-order chi connectivity index (χ1) is 12.4. The second-order valence-electron chi connectivity index (χ2n) is 7.24. The van der Waals surface area contributed by atoms with E-state index in [0.29, 0.717) is 6.54 Å². The number of benzene rings is 1. The van der Waals surface area contributed by atoms with Crippen molar-refractivity contribution in [1.82, 2.24) is 5.32 Å². The molecule has 0 radical (unpaired) electrons. The Bertz CT molecular complexity index is 672. The smallest absolute Gasteiger partial charge is 0.311 e. The molecule has 27 heavy (non-hydrogen) atoms. The van der Waals surface area contributed by atoms with E-state index >= 15 is 0 Å². The highest BCUT2D eigenvalue weighted by Gasteiger charge is 2.28. The van der Waals surface area contributed by atoms with Gasteiger partial charge in [-0.1, -0.05) is 27.2 Å². The van der Waals surface area contributed by atoms with Crippen LogP contribution in [0.1, 0.15) is 52.9 Å². The number of nitrogens with one attached hydrogen (secondary N) is 1. The Balaban J connectivity index is 2.45. The second kappa shape index (κ2) is 9.66. The van der Waals surface area contributed by atoms with Crippen LogP contribution in [0.15, 0.2) is 0 Å². The third kappa shape index (κ3) is 7.15. The summed E-state index contributed by atoms with van der Waals surface area (Å²) >= 11 is 0. The van der Waals surface area contributed by atoms with Gasteiger partial charge in [-0.05, 0) is 18.3 Å². The summed E-state index contributed by atoms with van der Waals surface area (Å²) in [7, 11) is 0. The lowest BCUT2D eigenvalue weighted by Gasteiger charge is -2.17. The number of carbonyl (C=O) groups excluding carboxylic acids is 2. The van der Waals surface area contributed by atoms with E-state index in [1.54, 1.807) is 0 Å². The molecule has 9 heteroatoms. The van der Waals surface area contributed by atoms with E-state index in [1.807, 2.05) is 0 Å². The highest BCUT2D eigenvalue weighted by atomic mass is 19.2. The number of amides is 1. The van der Waals surface area contributed by atoms with Crippen molar-refractivity contribution in [2.75, 3.05) is 6.54 Å². The lowest BCUT2D eigenvalue weighted by Crippen LogP contribution is -2.25. The van der Waals surface area contributed by atoms with E-state index in [1.165, 1.54) is 0 Å². The number of carbonyl (C=O) groups is 2. The first-order valence-electron chi connectivity index (χ1n) is 8.43. The van der Waals surface area contributed by atoms with Gasteiger partial charge in [-0.2, -0.15) is 8.78 Å². The Hall–Kier alpha value is -2.19. The maximum absolute atomic E-state index is 13.4.